The zero-order chi connectivity index (χ0) is 19.4. The van der Waals surface area contributed by atoms with E-state index in [1.54, 1.807) is 0 Å². The van der Waals surface area contributed by atoms with Gasteiger partial charge in [-0.05, 0) is 31.7 Å². The first-order valence-electron chi connectivity index (χ1n) is 10.4. The third kappa shape index (κ3) is 4.52. The third-order valence-electron chi connectivity index (χ3n) is 6.13. The topological polar surface area (TPSA) is 43.9 Å². The van der Waals surface area contributed by atoms with Crippen LogP contribution in [-0.2, 0) is 16.1 Å². The van der Waals surface area contributed by atoms with Crippen molar-refractivity contribution in [2.24, 2.45) is 5.92 Å². The highest BCUT2D eigenvalue weighted by Gasteiger charge is 2.37. The highest BCUT2D eigenvalue weighted by atomic mass is 16.2. The molecule has 0 aliphatic carbocycles. The summed E-state index contributed by atoms with van der Waals surface area (Å²) in [5.41, 5.74) is 2.42. The minimum atomic E-state index is -0.0805. The predicted octanol–water partition coefficient (Wildman–Crippen LogP) is 2.68. The van der Waals surface area contributed by atoms with Crippen molar-refractivity contribution in [3.05, 3.63) is 35.4 Å². The Labute approximate surface area is 163 Å². The van der Waals surface area contributed by atoms with E-state index in [0.717, 1.165) is 45.4 Å². The van der Waals surface area contributed by atoms with Crippen LogP contribution in [-0.4, -0.2) is 65.3 Å². The molecule has 2 aliphatic rings. The molecule has 1 atom stereocenters. The van der Waals surface area contributed by atoms with Gasteiger partial charge in [-0.3, -0.25) is 14.5 Å². The number of carbonyl (C=O) groups excluding carboxylic acids is 2. The normalized spacial score (nSPS) is 21.3. The van der Waals surface area contributed by atoms with Crippen LogP contribution in [0.2, 0.25) is 0 Å². The Hall–Kier alpha value is -1.88. The van der Waals surface area contributed by atoms with E-state index in [1.165, 1.54) is 11.1 Å². The van der Waals surface area contributed by atoms with Gasteiger partial charge >= 0.3 is 0 Å². The fourth-order valence-electron chi connectivity index (χ4n) is 4.40. The molecule has 0 aromatic heterocycles. The van der Waals surface area contributed by atoms with Crippen molar-refractivity contribution in [2.45, 2.75) is 52.6 Å². The van der Waals surface area contributed by atoms with Crippen LogP contribution in [0.5, 0.6) is 0 Å². The number of hydrogen-bond donors (Lipinski definition) is 0. The van der Waals surface area contributed by atoms with Crippen molar-refractivity contribution in [2.75, 3.05) is 32.7 Å². The highest BCUT2D eigenvalue weighted by Crippen LogP contribution is 2.22. The van der Waals surface area contributed by atoms with Crippen molar-refractivity contribution in [3.8, 4) is 0 Å². The summed E-state index contributed by atoms with van der Waals surface area (Å²) in [4.78, 5) is 32.1. The van der Waals surface area contributed by atoms with Gasteiger partial charge in [0.25, 0.3) is 0 Å². The lowest BCUT2D eigenvalue weighted by atomic mass is 10.0. The van der Waals surface area contributed by atoms with Gasteiger partial charge in [-0.1, -0.05) is 43.7 Å². The average molecular weight is 372 g/mol. The lowest BCUT2D eigenvalue weighted by Gasteiger charge is -2.39. The first kappa shape index (κ1) is 19.9. The number of nitrogens with zero attached hydrogens (tertiary/aromatic N) is 3. The van der Waals surface area contributed by atoms with E-state index in [9.17, 15) is 9.59 Å². The smallest absolute Gasteiger partial charge is 0.240 e. The molecular formula is C22H33N3O2. The Bertz CT molecular complexity index is 671. The van der Waals surface area contributed by atoms with Crippen LogP contribution in [0.15, 0.2) is 24.3 Å². The molecule has 5 nitrogen and oxygen atoms in total. The van der Waals surface area contributed by atoms with Gasteiger partial charge in [0.2, 0.25) is 11.8 Å². The molecule has 0 radical (unpaired) electrons. The van der Waals surface area contributed by atoms with E-state index in [-0.39, 0.29) is 23.8 Å². The van der Waals surface area contributed by atoms with Crippen LogP contribution in [0.3, 0.4) is 0 Å². The lowest BCUT2D eigenvalue weighted by Crippen LogP contribution is -2.56. The second-order valence-electron chi connectivity index (χ2n) is 7.93. The number of hydrogen-bond acceptors (Lipinski definition) is 3. The molecule has 0 spiro atoms. The Balaban J connectivity index is 1.64. The fraction of sp³-hybridized carbons (Fsp3) is 0.636. The number of rotatable bonds is 5. The first-order chi connectivity index (χ1) is 13.0. The van der Waals surface area contributed by atoms with E-state index in [0.29, 0.717) is 13.1 Å². The summed E-state index contributed by atoms with van der Waals surface area (Å²) in [5.74, 6) is 0.608. The van der Waals surface area contributed by atoms with Crippen molar-refractivity contribution < 1.29 is 9.59 Å². The monoisotopic (exact) mass is 371 g/mol. The van der Waals surface area contributed by atoms with Crippen LogP contribution < -0.4 is 0 Å². The quantitative estimate of drug-likeness (QED) is 0.799. The Morgan fingerprint density at radius 2 is 1.85 bits per heavy atom. The van der Waals surface area contributed by atoms with Crippen molar-refractivity contribution >= 4 is 11.8 Å². The molecule has 1 aromatic rings. The molecule has 1 aromatic carbocycles. The second kappa shape index (κ2) is 8.87. The molecule has 2 aliphatic heterocycles. The Morgan fingerprint density at radius 3 is 2.56 bits per heavy atom. The maximum Gasteiger partial charge on any atom is 0.240 e. The van der Waals surface area contributed by atoms with Crippen LogP contribution in [0.1, 0.15) is 44.2 Å². The zero-order valence-corrected chi connectivity index (χ0v) is 17.0. The number of carbonyl (C=O) groups is 2. The molecule has 5 heteroatoms. The SMILES string of the molecule is CCC(CC)C(=O)N1CCC2C(=O)N(Cc3cccc(C)c3)CCN2CC1. The van der Waals surface area contributed by atoms with Gasteiger partial charge in [-0.2, -0.15) is 0 Å². The number of fused-ring (bicyclic) bond motifs is 1. The largest absolute Gasteiger partial charge is 0.341 e. The van der Waals surface area contributed by atoms with Crippen molar-refractivity contribution in [1.29, 1.82) is 0 Å². The minimum Gasteiger partial charge on any atom is -0.341 e. The van der Waals surface area contributed by atoms with Gasteiger partial charge in [0, 0.05) is 45.2 Å². The standard InChI is InChI=1S/C22H33N3O2/c1-4-19(5-2)21(26)24-10-9-20-22(27)25(14-12-23(20)11-13-24)16-18-8-6-7-17(3)15-18/h6-8,15,19-20H,4-5,9-14,16H2,1-3H3. The van der Waals surface area contributed by atoms with Gasteiger partial charge in [0.05, 0.1) is 6.04 Å². The van der Waals surface area contributed by atoms with Crippen molar-refractivity contribution in [3.63, 3.8) is 0 Å². The summed E-state index contributed by atoms with van der Waals surface area (Å²) in [5, 5.41) is 0. The van der Waals surface area contributed by atoms with E-state index in [4.69, 9.17) is 0 Å². The summed E-state index contributed by atoms with van der Waals surface area (Å²) >= 11 is 0. The molecule has 2 amide bonds. The first-order valence-corrected chi connectivity index (χ1v) is 10.4. The van der Waals surface area contributed by atoms with Crippen LogP contribution in [0.4, 0.5) is 0 Å². The summed E-state index contributed by atoms with van der Waals surface area (Å²) in [6, 6.07) is 8.31. The third-order valence-corrected chi connectivity index (χ3v) is 6.13. The second-order valence-corrected chi connectivity index (χ2v) is 7.93. The molecule has 2 heterocycles. The molecule has 1 unspecified atom stereocenters. The van der Waals surface area contributed by atoms with Gasteiger partial charge in [0.15, 0.2) is 0 Å². The van der Waals surface area contributed by atoms with Gasteiger partial charge in [-0.15, -0.1) is 0 Å². The van der Waals surface area contributed by atoms with E-state index in [1.807, 2.05) is 9.80 Å². The molecule has 3 rings (SSSR count). The van der Waals surface area contributed by atoms with Crippen LogP contribution in [0, 0.1) is 12.8 Å². The fourth-order valence-corrected chi connectivity index (χ4v) is 4.40. The summed E-state index contributed by atoms with van der Waals surface area (Å²) < 4.78 is 0. The van der Waals surface area contributed by atoms with E-state index < -0.39 is 0 Å². The number of piperazine rings is 1. The molecule has 0 saturated carbocycles. The van der Waals surface area contributed by atoms with Gasteiger partial charge in [-0.25, -0.2) is 0 Å². The number of amides is 2. The summed E-state index contributed by atoms with van der Waals surface area (Å²) in [6.45, 7) is 10.8. The highest BCUT2D eigenvalue weighted by molar-refractivity contribution is 5.83. The van der Waals surface area contributed by atoms with Crippen molar-refractivity contribution in [1.82, 2.24) is 14.7 Å². The minimum absolute atomic E-state index is 0.0805. The Kier molecular flexibility index (Phi) is 6.53. The van der Waals surface area contributed by atoms with E-state index >= 15 is 0 Å². The molecule has 27 heavy (non-hydrogen) atoms. The maximum atomic E-state index is 13.1. The molecular weight excluding hydrogens is 338 g/mol. The number of benzene rings is 1. The van der Waals surface area contributed by atoms with E-state index in [2.05, 4.69) is 49.9 Å². The van der Waals surface area contributed by atoms with Gasteiger partial charge in [0.1, 0.15) is 0 Å². The molecule has 2 saturated heterocycles. The van der Waals surface area contributed by atoms with Gasteiger partial charge < -0.3 is 9.80 Å². The molecule has 0 N–H and O–H groups in total. The molecule has 148 valence electrons. The Morgan fingerprint density at radius 1 is 1.11 bits per heavy atom. The summed E-state index contributed by atoms with van der Waals surface area (Å²) in [7, 11) is 0. The van der Waals surface area contributed by atoms with Crippen LogP contribution >= 0.6 is 0 Å². The predicted molar refractivity (Wildman–Crippen MR) is 107 cm³/mol. The molecule has 2 fully saturated rings. The number of aryl methyl sites for hydroxylation is 1. The zero-order valence-electron chi connectivity index (χ0n) is 17.0. The summed E-state index contributed by atoms with van der Waals surface area (Å²) in [6.07, 6.45) is 2.53. The lowest BCUT2D eigenvalue weighted by molar-refractivity contribution is -0.142. The molecule has 0 bridgehead atoms. The maximum absolute atomic E-state index is 13.1. The average Bonchev–Trinajstić information content (AvgIpc) is 2.88. The van der Waals surface area contributed by atoms with Crippen LogP contribution in [0.25, 0.3) is 0 Å².